The zero-order chi connectivity index (χ0) is 11.2. The Morgan fingerprint density at radius 1 is 1.06 bits per heavy atom. The van der Waals surface area contributed by atoms with Crippen molar-refractivity contribution in [2.75, 3.05) is 0 Å². The van der Waals surface area contributed by atoms with E-state index in [0.717, 1.165) is 6.54 Å². The molecule has 0 bridgehead atoms. The van der Waals surface area contributed by atoms with Crippen molar-refractivity contribution in [1.29, 1.82) is 0 Å². The average Bonchev–Trinajstić information content (AvgIpc) is 2.30. The third-order valence-corrected chi connectivity index (χ3v) is 2.43. The van der Waals surface area contributed by atoms with Crippen LogP contribution in [0, 0.1) is 6.92 Å². The van der Waals surface area contributed by atoms with Crippen LogP contribution in [-0.2, 0) is 6.54 Å². The molecule has 1 heterocycles. The molecule has 0 aliphatic heterocycles. The second-order valence-corrected chi connectivity index (χ2v) is 3.89. The minimum absolute atomic E-state index is 0.913. The lowest BCUT2D eigenvalue weighted by Gasteiger charge is -1.93. The van der Waals surface area contributed by atoms with Gasteiger partial charge in [-0.3, -0.25) is 0 Å². The Kier molecular flexibility index (Phi) is 3.50. The molecule has 1 heteroatoms. The Labute approximate surface area is 96.7 Å². The number of allylic oxidation sites excluding steroid dienone is 1. The van der Waals surface area contributed by atoms with E-state index in [9.17, 15) is 0 Å². The minimum atomic E-state index is 0.913. The van der Waals surface area contributed by atoms with Crippen LogP contribution < -0.4 is 4.57 Å². The molecule has 16 heavy (non-hydrogen) atoms. The molecule has 0 aliphatic rings. The fraction of sp³-hybridized carbons (Fsp3) is 0.133. The van der Waals surface area contributed by atoms with E-state index in [2.05, 4.69) is 72.4 Å². The van der Waals surface area contributed by atoms with Crippen molar-refractivity contribution in [3.63, 3.8) is 0 Å². The van der Waals surface area contributed by atoms with E-state index in [0.29, 0.717) is 0 Å². The number of rotatable bonds is 3. The van der Waals surface area contributed by atoms with Gasteiger partial charge in [-0.25, -0.2) is 4.57 Å². The van der Waals surface area contributed by atoms with Gasteiger partial charge < -0.3 is 0 Å². The van der Waals surface area contributed by atoms with Crippen LogP contribution in [0.25, 0.3) is 6.08 Å². The van der Waals surface area contributed by atoms with Gasteiger partial charge in [0.1, 0.15) is 0 Å². The molecule has 0 unspecified atom stereocenters. The van der Waals surface area contributed by atoms with Crippen LogP contribution in [0.1, 0.15) is 11.1 Å². The van der Waals surface area contributed by atoms with Crippen molar-refractivity contribution in [2.24, 2.45) is 0 Å². The van der Waals surface area contributed by atoms with Gasteiger partial charge in [0, 0.05) is 11.6 Å². The third-order valence-electron chi connectivity index (χ3n) is 2.43. The fourth-order valence-electron chi connectivity index (χ4n) is 1.64. The predicted molar refractivity (Wildman–Crippen MR) is 66.9 cm³/mol. The lowest BCUT2D eigenvalue weighted by atomic mass is 10.2. The van der Waals surface area contributed by atoms with Crippen molar-refractivity contribution in [3.05, 3.63) is 72.1 Å². The summed E-state index contributed by atoms with van der Waals surface area (Å²) in [6.07, 6.45) is 8.56. The van der Waals surface area contributed by atoms with E-state index in [1.54, 1.807) is 0 Å². The monoisotopic (exact) mass is 210 g/mol. The van der Waals surface area contributed by atoms with Crippen LogP contribution in [0.4, 0.5) is 0 Å². The van der Waals surface area contributed by atoms with E-state index in [1.165, 1.54) is 11.1 Å². The Morgan fingerprint density at radius 3 is 2.62 bits per heavy atom. The summed E-state index contributed by atoms with van der Waals surface area (Å²) >= 11 is 0. The first kappa shape index (κ1) is 10.6. The predicted octanol–water partition coefficient (Wildman–Crippen LogP) is 3.00. The van der Waals surface area contributed by atoms with Crippen LogP contribution >= 0.6 is 0 Å². The first-order valence-electron chi connectivity index (χ1n) is 5.52. The molecule has 0 radical (unpaired) electrons. The number of hydrogen-bond acceptors (Lipinski definition) is 0. The summed E-state index contributed by atoms with van der Waals surface area (Å²) in [5, 5.41) is 0. The third kappa shape index (κ3) is 3.06. The van der Waals surface area contributed by atoms with E-state index in [4.69, 9.17) is 0 Å². The second-order valence-electron chi connectivity index (χ2n) is 3.89. The molecule has 2 rings (SSSR count). The molecular formula is C15H16N+. The first-order valence-corrected chi connectivity index (χ1v) is 5.52. The highest BCUT2D eigenvalue weighted by Gasteiger charge is 1.95. The van der Waals surface area contributed by atoms with Gasteiger partial charge in [0.25, 0.3) is 0 Å². The summed E-state index contributed by atoms with van der Waals surface area (Å²) in [5.41, 5.74) is 2.53. The summed E-state index contributed by atoms with van der Waals surface area (Å²) in [6, 6.07) is 14.5. The van der Waals surface area contributed by atoms with Crippen molar-refractivity contribution >= 4 is 6.08 Å². The van der Waals surface area contributed by atoms with Crippen molar-refractivity contribution in [1.82, 2.24) is 0 Å². The zero-order valence-electron chi connectivity index (χ0n) is 9.51. The van der Waals surface area contributed by atoms with Crippen LogP contribution in [0.15, 0.2) is 60.9 Å². The van der Waals surface area contributed by atoms with E-state index in [1.807, 2.05) is 6.07 Å². The largest absolute Gasteiger partial charge is 0.201 e. The molecule has 0 saturated heterocycles. The number of nitrogens with zero attached hydrogens (tertiary/aromatic N) is 1. The molecule has 2 aromatic rings. The fourth-order valence-corrected chi connectivity index (χ4v) is 1.64. The van der Waals surface area contributed by atoms with Crippen LogP contribution in [0.3, 0.4) is 0 Å². The highest BCUT2D eigenvalue weighted by Crippen LogP contribution is 2.00. The van der Waals surface area contributed by atoms with Crippen molar-refractivity contribution in [2.45, 2.75) is 13.5 Å². The number of benzene rings is 1. The number of aryl methyl sites for hydroxylation is 1. The zero-order valence-corrected chi connectivity index (χ0v) is 9.51. The highest BCUT2D eigenvalue weighted by atomic mass is 14.9. The molecule has 1 aromatic heterocycles. The molecule has 0 spiro atoms. The standard InChI is InChI=1S/C15H16N/c1-14-7-5-11-16(13-14)12-6-10-15-8-3-2-4-9-15/h2-11,13H,12H2,1H3/q+1. The van der Waals surface area contributed by atoms with Crippen molar-refractivity contribution in [3.8, 4) is 0 Å². The summed E-state index contributed by atoms with van der Waals surface area (Å²) in [4.78, 5) is 0. The van der Waals surface area contributed by atoms with E-state index >= 15 is 0 Å². The van der Waals surface area contributed by atoms with Gasteiger partial charge in [0.15, 0.2) is 18.9 Å². The van der Waals surface area contributed by atoms with E-state index in [-0.39, 0.29) is 0 Å². The van der Waals surface area contributed by atoms with Gasteiger partial charge in [-0.1, -0.05) is 36.4 Å². The molecule has 80 valence electrons. The summed E-state index contributed by atoms with van der Waals surface area (Å²) in [5.74, 6) is 0. The van der Waals surface area contributed by atoms with E-state index < -0.39 is 0 Å². The minimum Gasteiger partial charge on any atom is -0.201 e. The number of pyridine rings is 1. The maximum atomic E-state index is 2.18. The van der Waals surface area contributed by atoms with Gasteiger partial charge in [-0.05, 0) is 24.6 Å². The number of aromatic nitrogens is 1. The van der Waals surface area contributed by atoms with Gasteiger partial charge in [0.2, 0.25) is 0 Å². The molecule has 0 amide bonds. The van der Waals surface area contributed by atoms with Crippen LogP contribution in [0.5, 0.6) is 0 Å². The van der Waals surface area contributed by atoms with Gasteiger partial charge >= 0.3 is 0 Å². The number of hydrogen-bond donors (Lipinski definition) is 0. The Bertz CT molecular complexity index is 472. The second kappa shape index (κ2) is 5.26. The topological polar surface area (TPSA) is 3.88 Å². The van der Waals surface area contributed by atoms with Gasteiger partial charge in [-0.15, -0.1) is 0 Å². The lowest BCUT2D eigenvalue weighted by Crippen LogP contribution is -2.31. The highest BCUT2D eigenvalue weighted by molar-refractivity contribution is 5.48. The summed E-state index contributed by atoms with van der Waals surface area (Å²) in [7, 11) is 0. The smallest absolute Gasteiger partial charge is 0.172 e. The molecule has 1 nitrogen and oxygen atoms in total. The Hall–Kier alpha value is -1.89. The maximum Gasteiger partial charge on any atom is 0.172 e. The van der Waals surface area contributed by atoms with Crippen molar-refractivity contribution < 1.29 is 4.57 Å². The van der Waals surface area contributed by atoms with Crippen LogP contribution in [0.2, 0.25) is 0 Å². The Morgan fingerprint density at radius 2 is 1.88 bits per heavy atom. The maximum absolute atomic E-state index is 2.18. The Balaban J connectivity index is 2.00. The van der Waals surface area contributed by atoms with Gasteiger partial charge in [-0.2, -0.15) is 0 Å². The first-order chi connectivity index (χ1) is 7.84. The normalized spacial score (nSPS) is 10.8. The quantitative estimate of drug-likeness (QED) is 0.686. The van der Waals surface area contributed by atoms with Crippen LogP contribution in [-0.4, -0.2) is 0 Å². The molecule has 0 atom stereocenters. The average molecular weight is 210 g/mol. The van der Waals surface area contributed by atoms with Gasteiger partial charge in [0.05, 0.1) is 0 Å². The molecule has 0 aliphatic carbocycles. The summed E-state index contributed by atoms with van der Waals surface area (Å²) < 4.78 is 2.18. The molecule has 0 saturated carbocycles. The molecule has 0 fully saturated rings. The SMILES string of the molecule is Cc1ccc[n+](CC=Cc2ccccc2)c1. The lowest BCUT2D eigenvalue weighted by molar-refractivity contribution is -0.687. The molecular weight excluding hydrogens is 194 g/mol. The summed E-state index contributed by atoms with van der Waals surface area (Å²) in [6.45, 7) is 3.02. The molecule has 0 N–H and O–H groups in total. The molecule has 1 aromatic carbocycles.